The summed E-state index contributed by atoms with van der Waals surface area (Å²) < 4.78 is 0. The molecule has 2 aromatic carbocycles. The number of aromatic amines is 1. The summed E-state index contributed by atoms with van der Waals surface area (Å²) in [6, 6.07) is 17.9. The van der Waals surface area contributed by atoms with Gasteiger partial charge in [0.05, 0.1) is 5.69 Å². The van der Waals surface area contributed by atoms with Crippen LogP contribution in [0.2, 0.25) is 0 Å². The molecule has 6 rings (SSSR count). The Morgan fingerprint density at radius 1 is 1.00 bits per heavy atom. The van der Waals surface area contributed by atoms with Gasteiger partial charge in [-0.3, -0.25) is 5.10 Å². The molecule has 3 N–H and O–H groups in total. The lowest BCUT2D eigenvalue weighted by Gasteiger charge is -2.43. The van der Waals surface area contributed by atoms with Crippen LogP contribution in [0.25, 0.3) is 5.57 Å². The average Bonchev–Trinajstić information content (AvgIpc) is 3.62. The third-order valence-corrected chi connectivity index (χ3v) is 8.29. The minimum absolute atomic E-state index is 0.146. The second-order valence-corrected chi connectivity index (χ2v) is 10.0. The Balaban J connectivity index is 1.29. The number of aromatic nitrogens is 2. The molecule has 2 saturated heterocycles. The lowest BCUT2D eigenvalue weighted by molar-refractivity contribution is 0.187. The number of piperidine rings is 1. The van der Waals surface area contributed by atoms with Crippen molar-refractivity contribution in [1.29, 1.82) is 0 Å². The van der Waals surface area contributed by atoms with E-state index in [-0.39, 0.29) is 11.5 Å². The third kappa shape index (κ3) is 3.46. The van der Waals surface area contributed by atoms with E-state index in [9.17, 15) is 0 Å². The van der Waals surface area contributed by atoms with Crippen LogP contribution in [0.3, 0.4) is 0 Å². The molecule has 3 heterocycles. The maximum Gasteiger partial charge on any atom is 0.0650 e. The van der Waals surface area contributed by atoms with E-state index in [4.69, 9.17) is 5.73 Å². The number of nitrogens with two attached hydrogens (primary N) is 1. The quantitative estimate of drug-likeness (QED) is 0.606. The zero-order valence-corrected chi connectivity index (χ0v) is 19.3. The van der Waals surface area contributed by atoms with Gasteiger partial charge in [0.2, 0.25) is 0 Å². The number of fused-ring (bicyclic) bond motifs is 1. The molecule has 1 atom stereocenters. The maximum atomic E-state index is 6.82. The van der Waals surface area contributed by atoms with E-state index in [1.807, 2.05) is 6.07 Å². The zero-order chi connectivity index (χ0) is 22.4. The van der Waals surface area contributed by atoms with Crippen molar-refractivity contribution < 1.29 is 0 Å². The highest BCUT2D eigenvalue weighted by molar-refractivity contribution is 5.86. The molecule has 1 spiro atoms. The van der Waals surface area contributed by atoms with Crippen LogP contribution in [0.5, 0.6) is 0 Å². The lowest BCUT2D eigenvalue weighted by atomic mass is 9.73. The molecule has 170 valence electrons. The molecule has 5 heteroatoms. The fourth-order valence-electron chi connectivity index (χ4n) is 6.28. The normalized spacial score (nSPS) is 21.5. The van der Waals surface area contributed by atoms with Gasteiger partial charge in [-0.25, -0.2) is 0 Å². The van der Waals surface area contributed by atoms with Gasteiger partial charge in [-0.15, -0.1) is 0 Å². The van der Waals surface area contributed by atoms with Crippen LogP contribution in [0, 0.1) is 5.41 Å². The Morgan fingerprint density at radius 2 is 1.79 bits per heavy atom. The fourth-order valence-corrected chi connectivity index (χ4v) is 6.28. The number of anilines is 2. The molecule has 33 heavy (non-hydrogen) atoms. The van der Waals surface area contributed by atoms with E-state index in [0.29, 0.717) is 0 Å². The smallest absolute Gasteiger partial charge is 0.0650 e. The minimum atomic E-state index is 0.146. The largest absolute Gasteiger partial charge is 0.372 e. The summed E-state index contributed by atoms with van der Waals surface area (Å²) in [6.45, 7) is 8.79. The van der Waals surface area contributed by atoms with Crippen molar-refractivity contribution in [3.63, 3.8) is 0 Å². The Morgan fingerprint density at radius 3 is 2.52 bits per heavy atom. The van der Waals surface area contributed by atoms with Crippen molar-refractivity contribution >= 4 is 16.9 Å². The van der Waals surface area contributed by atoms with Crippen LogP contribution < -0.4 is 15.5 Å². The van der Waals surface area contributed by atoms with Gasteiger partial charge in [-0.05, 0) is 72.9 Å². The molecule has 0 bridgehead atoms. The monoisotopic (exact) mass is 439 g/mol. The molecule has 0 amide bonds. The highest BCUT2D eigenvalue weighted by Gasteiger charge is 2.45. The summed E-state index contributed by atoms with van der Waals surface area (Å²) in [5.74, 6) is 0. The van der Waals surface area contributed by atoms with Gasteiger partial charge in [0.15, 0.2) is 0 Å². The maximum absolute atomic E-state index is 6.82. The Kier molecular flexibility index (Phi) is 5.02. The molecule has 5 nitrogen and oxygen atoms in total. The van der Waals surface area contributed by atoms with Crippen LogP contribution in [-0.2, 0) is 6.42 Å². The van der Waals surface area contributed by atoms with Gasteiger partial charge in [0.25, 0.3) is 0 Å². The van der Waals surface area contributed by atoms with E-state index in [1.165, 1.54) is 40.9 Å². The Hall–Kier alpha value is -3.05. The van der Waals surface area contributed by atoms with Crippen molar-refractivity contribution in [3.8, 4) is 0 Å². The summed E-state index contributed by atoms with van der Waals surface area (Å²) >= 11 is 0. The molecule has 2 aliphatic heterocycles. The van der Waals surface area contributed by atoms with Crippen LogP contribution in [-0.4, -0.2) is 36.4 Å². The van der Waals surface area contributed by atoms with Gasteiger partial charge >= 0.3 is 0 Å². The standard InChI is InChI=1S/C28H33N5/c1-20(25-10-13-30-31-25)24-18-22(32-14-4-5-15-32)8-9-26(24)33-16-11-28(12-17-33)19-21-6-2-3-7-23(21)27(28)29/h2-3,6-10,13,18,27H,1,4-5,11-12,14-17,19,29H2,(H,30,31)/t27-/m1/s1. The molecule has 0 radical (unpaired) electrons. The average molecular weight is 440 g/mol. The van der Waals surface area contributed by atoms with Crippen molar-refractivity contribution in [2.75, 3.05) is 36.0 Å². The van der Waals surface area contributed by atoms with Crippen molar-refractivity contribution in [1.82, 2.24) is 10.2 Å². The molecule has 1 aliphatic carbocycles. The number of rotatable bonds is 4. The van der Waals surface area contributed by atoms with Crippen LogP contribution in [0.1, 0.15) is 54.1 Å². The van der Waals surface area contributed by atoms with E-state index < -0.39 is 0 Å². The first-order chi connectivity index (χ1) is 16.1. The summed E-state index contributed by atoms with van der Waals surface area (Å²) in [5.41, 5.74) is 15.6. The zero-order valence-electron chi connectivity index (χ0n) is 19.3. The third-order valence-electron chi connectivity index (χ3n) is 8.29. The topological polar surface area (TPSA) is 61.2 Å². The van der Waals surface area contributed by atoms with Crippen LogP contribution in [0.4, 0.5) is 11.4 Å². The van der Waals surface area contributed by atoms with Gasteiger partial charge < -0.3 is 15.5 Å². The van der Waals surface area contributed by atoms with E-state index in [1.54, 1.807) is 6.20 Å². The first kappa shape index (κ1) is 20.5. The SMILES string of the molecule is C=C(c1ccn[nH]1)c1cc(N2CCCC2)ccc1N1CCC2(CC1)Cc1ccccc1[C@H]2N. The summed E-state index contributed by atoms with van der Waals surface area (Å²) in [4.78, 5) is 5.04. The highest BCUT2D eigenvalue weighted by Crippen LogP contribution is 2.51. The molecular weight excluding hydrogens is 406 g/mol. The molecule has 0 saturated carbocycles. The fraction of sp³-hybridized carbons (Fsp3) is 0.393. The molecule has 3 aromatic rings. The van der Waals surface area contributed by atoms with Gasteiger partial charge in [0.1, 0.15) is 0 Å². The Labute approximate surface area is 196 Å². The van der Waals surface area contributed by atoms with Crippen molar-refractivity contribution in [2.24, 2.45) is 11.1 Å². The Bertz CT molecular complexity index is 1150. The highest BCUT2D eigenvalue weighted by atomic mass is 15.2. The van der Waals surface area contributed by atoms with Gasteiger partial charge in [0, 0.05) is 60.9 Å². The molecule has 3 aliphatic rings. The first-order valence-electron chi connectivity index (χ1n) is 12.3. The summed E-state index contributed by atoms with van der Waals surface area (Å²) in [7, 11) is 0. The number of H-pyrrole nitrogens is 1. The predicted molar refractivity (Wildman–Crippen MR) is 136 cm³/mol. The van der Waals surface area contributed by atoms with E-state index >= 15 is 0 Å². The minimum Gasteiger partial charge on any atom is -0.372 e. The molecule has 1 aromatic heterocycles. The summed E-state index contributed by atoms with van der Waals surface area (Å²) in [6.07, 6.45) is 7.69. The van der Waals surface area contributed by atoms with Gasteiger partial charge in [-0.1, -0.05) is 30.8 Å². The number of benzene rings is 2. The number of nitrogens with zero attached hydrogens (tertiary/aromatic N) is 3. The summed E-state index contributed by atoms with van der Waals surface area (Å²) in [5, 5.41) is 7.28. The number of hydrogen-bond acceptors (Lipinski definition) is 4. The first-order valence-corrected chi connectivity index (χ1v) is 12.3. The predicted octanol–water partition coefficient (Wildman–Crippen LogP) is 4.91. The van der Waals surface area contributed by atoms with E-state index in [2.05, 4.69) is 69.0 Å². The van der Waals surface area contributed by atoms with E-state index in [0.717, 1.165) is 56.7 Å². The van der Waals surface area contributed by atoms with Crippen LogP contribution in [0.15, 0.2) is 61.3 Å². The van der Waals surface area contributed by atoms with Crippen LogP contribution >= 0.6 is 0 Å². The molecule has 2 fully saturated rings. The van der Waals surface area contributed by atoms with Gasteiger partial charge in [-0.2, -0.15) is 5.10 Å². The molecular formula is C28H33N5. The second kappa shape index (κ2) is 8.07. The second-order valence-electron chi connectivity index (χ2n) is 10.0. The molecule has 0 unspecified atom stereocenters. The number of nitrogens with one attached hydrogen (secondary N) is 1. The van der Waals surface area contributed by atoms with Crippen molar-refractivity contribution in [2.45, 2.75) is 38.1 Å². The van der Waals surface area contributed by atoms with Crippen molar-refractivity contribution in [3.05, 3.63) is 83.7 Å². The number of hydrogen-bond donors (Lipinski definition) is 2. The lowest BCUT2D eigenvalue weighted by Crippen LogP contribution is -2.44.